The molecular formula is C42H58F4S. The van der Waals surface area contributed by atoms with Gasteiger partial charge in [-0.05, 0) is 137 Å². The summed E-state index contributed by atoms with van der Waals surface area (Å²) in [6.07, 6.45) is 31.9. The summed E-state index contributed by atoms with van der Waals surface area (Å²) in [4.78, 5) is 0. The Hall–Kier alpha value is -1.49. The fraction of sp³-hybridized carbons (Fsp3) is 0.714. The molecule has 6 rings (SSSR count). The summed E-state index contributed by atoms with van der Waals surface area (Å²) in [5.41, 5.74) is 0.756. The van der Waals surface area contributed by atoms with Gasteiger partial charge in [0.05, 0.1) is 10.5 Å². The van der Waals surface area contributed by atoms with Crippen LogP contribution in [0.25, 0.3) is 0 Å². The maximum atomic E-state index is 15.5. The Morgan fingerprint density at radius 3 is 1.15 bits per heavy atom. The molecule has 4 fully saturated rings. The molecule has 0 saturated heterocycles. The summed E-state index contributed by atoms with van der Waals surface area (Å²) in [6, 6.07) is 0. The minimum absolute atomic E-state index is 0.222. The Kier molecular flexibility index (Phi) is 12.4. The second kappa shape index (κ2) is 16.5. The molecule has 4 saturated carbocycles. The molecule has 0 aromatic rings. The van der Waals surface area contributed by atoms with Gasteiger partial charge in [-0.3, -0.25) is 0 Å². The van der Waals surface area contributed by atoms with Crippen molar-refractivity contribution < 1.29 is 17.6 Å². The first-order valence-corrected chi connectivity index (χ1v) is 20.3. The molecule has 0 heterocycles. The van der Waals surface area contributed by atoms with Crippen LogP contribution >= 0.6 is 11.8 Å². The molecule has 0 amide bonds. The van der Waals surface area contributed by atoms with Gasteiger partial charge in [-0.15, -0.1) is 11.8 Å². The molecule has 5 heteroatoms. The molecule has 0 aromatic carbocycles. The van der Waals surface area contributed by atoms with Crippen molar-refractivity contribution in [2.75, 3.05) is 0 Å². The SMILES string of the molecule is CCC1CCC(C2CCC(C=C3C(F)=C(F)C=CC3SC3C=CC(F)=C(F)C3=CC3CCC(C4CCC(CC)CC4)CC3)CC2)CC1. The van der Waals surface area contributed by atoms with E-state index in [1.165, 1.54) is 88.1 Å². The zero-order valence-corrected chi connectivity index (χ0v) is 29.7. The third-order valence-corrected chi connectivity index (χ3v) is 14.8. The molecule has 47 heavy (non-hydrogen) atoms. The van der Waals surface area contributed by atoms with Crippen molar-refractivity contribution in [3.05, 3.63) is 70.9 Å². The van der Waals surface area contributed by atoms with Crippen LogP contribution in [0.1, 0.15) is 129 Å². The molecule has 0 N–H and O–H groups in total. The van der Waals surface area contributed by atoms with E-state index in [1.54, 1.807) is 12.2 Å². The number of hydrogen-bond donors (Lipinski definition) is 0. The van der Waals surface area contributed by atoms with E-state index in [-0.39, 0.29) is 11.8 Å². The molecule has 0 aliphatic heterocycles. The average Bonchev–Trinajstić information content (AvgIpc) is 3.11. The highest BCUT2D eigenvalue weighted by atomic mass is 32.2. The molecule has 2 unspecified atom stereocenters. The summed E-state index contributed by atoms with van der Waals surface area (Å²) in [5.74, 6) is 2.16. The van der Waals surface area contributed by atoms with Crippen LogP contribution in [0, 0.1) is 47.3 Å². The number of halogens is 4. The van der Waals surface area contributed by atoms with Gasteiger partial charge in [-0.2, -0.15) is 0 Å². The molecule has 2 atom stereocenters. The van der Waals surface area contributed by atoms with E-state index in [2.05, 4.69) is 13.8 Å². The van der Waals surface area contributed by atoms with Crippen LogP contribution in [0.3, 0.4) is 0 Å². The van der Waals surface area contributed by atoms with Crippen molar-refractivity contribution in [3.8, 4) is 0 Å². The largest absolute Gasteiger partial charge is 0.204 e. The first kappa shape index (κ1) is 35.3. The van der Waals surface area contributed by atoms with Crippen molar-refractivity contribution in [1.82, 2.24) is 0 Å². The molecule has 6 aliphatic carbocycles. The lowest BCUT2D eigenvalue weighted by molar-refractivity contribution is 0.154. The van der Waals surface area contributed by atoms with Gasteiger partial charge in [0.1, 0.15) is 0 Å². The Morgan fingerprint density at radius 2 is 0.830 bits per heavy atom. The first-order chi connectivity index (χ1) is 22.8. The van der Waals surface area contributed by atoms with E-state index in [0.29, 0.717) is 11.1 Å². The number of allylic oxidation sites excluding steroid dienone is 8. The third kappa shape index (κ3) is 8.64. The van der Waals surface area contributed by atoms with Gasteiger partial charge in [-0.25, -0.2) is 17.6 Å². The molecule has 260 valence electrons. The van der Waals surface area contributed by atoms with Crippen LogP contribution in [0.2, 0.25) is 0 Å². The summed E-state index contributed by atoms with van der Waals surface area (Å²) >= 11 is 1.41. The van der Waals surface area contributed by atoms with Gasteiger partial charge >= 0.3 is 0 Å². The van der Waals surface area contributed by atoms with Crippen molar-refractivity contribution in [2.45, 2.75) is 140 Å². The van der Waals surface area contributed by atoms with Crippen LogP contribution in [0.4, 0.5) is 17.6 Å². The maximum absolute atomic E-state index is 15.5. The van der Waals surface area contributed by atoms with Crippen molar-refractivity contribution in [2.24, 2.45) is 47.3 Å². The van der Waals surface area contributed by atoms with Crippen LogP contribution in [-0.2, 0) is 0 Å². The van der Waals surface area contributed by atoms with Crippen molar-refractivity contribution >= 4 is 11.8 Å². The van der Waals surface area contributed by atoms with Gasteiger partial charge in [0, 0.05) is 11.1 Å². The van der Waals surface area contributed by atoms with Crippen LogP contribution < -0.4 is 0 Å². The van der Waals surface area contributed by atoms with E-state index in [9.17, 15) is 8.78 Å². The molecule has 0 bridgehead atoms. The Labute approximate surface area is 286 Å². The Morgan fingerprint density at radius 1 is 0.511 bits per heavy atom. The van der Waals surface area contributed by atoms with Gasteiger partial charge < -0.3 is 0 Å². The number of thioether (sulfide) groups is 1. The van der Waals surface area contributed by atoms with Crippen LogP contribution in [0.5, 0.6) is 0 Å². The quantitative estimate of drug-likeness (QED) is 0.232. The highest BCUT2D eigenvalue weighted by Crippen LogP contribution is 2.47. The first-order valence-electron chi connectivity index (χ1n) is 19.4. The second-order valence-electron chi connectivity index (χ2n) is 16.0. The summed E-state index contributed by atoms with van der Waals surface area (Å²) in [5, 5.41) is -0.893. The fourth-order valence-electron chi connectivity index (χ4n) is 10.2. The zero-order chi connectivity index (χ0) is 32.9. The lowest BCUT2D eigenvalue weighted by Crippen LogP contribution is -2.26. The molecular weight excluding hydrogens is 613 g/mol. The van der Waals surface area contributed by atoms with Crippen molar-refractivity contribution in [1.29, 1.82) is 0 Å². The average molecular weight is 671 g/mol. The summed E-state index contributed by atoms with van der Waals surface area (Å²) in [6.45, 7) is 4.62. The van der Waals surface area contributed by atoms with Gasteiger partial charge in [-0.1, -0.05) is 76.7 Å². The topological polar surface area (TPSA) is 0 Å². The molecule has 6 aliphatic rings. The number of rotatable bonds is 8. The normalized spacial score (nSPS) is 40.5. The van der Waals surface area contributed by atoms with Gasteiger partial charge in [0.15, 0.2) is 23.3 Å². The van der Waals surface area contributed by atoms with Gasteiger partial charge in [0.25, 0.3) is 0 Å². The minimum Gasteiger partial charge on any atom is -0.204 e. The predicted molar refractivity (Wildman–Crippen MR) is 190 cm³/mol. The Bertz CT molecular complexity index is 1140. The highest BCUT2D eigenvalue weighted by Gasteiger charge is 2.35. The lowest BCUT2D eigenvalue weighted by atomic mass is 9.68. The summed E-state index contributed by atoms with van der Waals surface area (Å²) in [7, 11) is 0. The Balaban J connectivity index is 1.09. The minimum atomic E-state index is -0.832. The van der Waals surface area contributed by atoms with Gasteiger partial charge in [0.2, 0.25) is 0 Å². The maximum Gasteiger partial charge on any atom is 0.163 e. The second-order valence-corrected chi connectivity index (χ2v) is 17.3. The molecule has 0 aromatic heterocycles. The van der Waals surface area contributed by atoms with E-state index < -0.39 is 33.8 Å². The van der Waals surface area contributed by atoms with Crippen molar-refractivity contribution in [3.63, 3.8) is 0 Å². The van der Waals surface area contributed by atoms with E-state index >= 15 is 8.78 Å². The van der Waals surface area contributed by atoms with E-state index in [0.717, 1.165) is 86.9 Å². The van der Waals surface area contributed by atoms with E-state index in [4.69, 9.17) is 0 Å². The lowest BCUT2D eigenvalue weighted by Gasteiger charge is -2.37. The van der Waals surface area contributed by atoms with E-state index in [1.807, 2.05) is 12.2 Å². The van der Waals surface area contributed by atoms with Crippen LogP contribution in [0.15, 0.2) is 70.9 Å². The molecule has 0 spiro atoms. The zero-order valence-electron chi connectivity index (χ0n) is 28.9. The third-order valence-electron chi connectivity index (χ3n) is 13.4. The summed E-state index contributed by atoms with van der Waals surface area (Å²) < 4.78 is 60.2. The number of hydrogen-bond acceptors (Lipinski definition) is 1. The molecule has 0 nitrogen and oxygen atoms in total. The standard InChI is InChI=1S/C42H58F4S/c1-3-27-5-13-31(14-6-27)33-17-9-29(10-18-33)25-35-39(23-21-37(43)41(35)45)47-40-24-22-38(44)42(46)36(40)26-30-11-19-34(20-12-30)32-15-7-28(4-2)8-16-32/h21-34,39-40H,3-20H2,1-2H3. The fourth-order valence-corrected chi connectivity index (χ4v) is 11.5. The predicted octanol–water partition coefficient (Wildman–Crippen LogP) is 13.8. The smallest absolute Gasteiger partial charge is 0.163 e. The highest BCUT2D eigenvalue weighted by molar-refractivity contribution is 8.01. The molecule has 0 radical (unpaired) electrons. The monoisotopic (exact) mass is 670 g/mol. The van der Waals surface area contributed by atoms with Crippen LogP contribution in [-0.4, -0.2) is 10.5 Å².